The number of hydrogen-bond donors (Lipinski definition) is 2. The molecule has 2 N–H and O–H groups in total. The summed E-state index contributed by atoms with van der Waals surface area (Å²) in [6.07, 6.45) is 1.49. The van der Waals surface area contributed by atoms with Gasteiger partial charge in [0.15, 0.2) is 5.96 Å². The van der Waals surface area contributed by atoms with E-state index in [2.05, 4.69) is 56.5 Å². The Morgan fingerprint density at radius 1 is 1.28 bits per heavy atom. The fourth-order valence-electron chi connectivity index (χ4n) is 4.53. The van der Waals surface area contributed by atoms with E-state index in [1.807, 2.05) is 6.92 Å². The fourth-order valence-corrected chi connectivity index (χ4v) is 4.53. The molecule has 0 spiro atoms. The van der Waals surface area contributed by atoms with Crippen molar-refractivity contribution in [2.45, 2.75) is 59.7 Å². The Balaban J connectivity index is 1.67. The predicted molar refractivity (Wildman–Crippen MR) is 117 cm³/mol. The van der Waals surface area contributed by atoms with Gasteiger partial charge in [-0.2, -0.15) is 0 Å². The van der Waals surface area contributed by atoms with Crippen LogP contribution in [-0.4, -0.2) is 51.1 Å². The van der Waals surface area contributed by atoms with E-state index in [-0.39, 0.29) is 5.41 Å². The lowest BCUT2D eigenvalue weighted by Gasteiger charge is -2.54. The number of hydrogen-bond acceptors (Lipinski definition) is 4. The Morgan fingerprint density at radius 3 is 2.86 bits per heavy atom. The lowest BCUT2D eigenvalue weighted by atomic mass is 9.57. The third kappa shape index (κ3) is 5.04. The number of aliphatic imine (C=N–C) groups is 1. The van der Waals surface area contributed by atoms with E-state index in [0.29, 0.717) is 44.4 Å². The Bertz CT molecular complexity index is 705. The first-order valence-corrected chi connectivity index (χ1v) is 10.9. The molecule has 2 fully saturated rings. The summed E-state index contributed by atoms with van der Waals surface area (Å²) in [5.41, 5.74) is 2.38. The molecule has 0 aromatic heterocycles. The van der Waals surface area contributed by atoms with E-state index in [1.54, 1.807) is 0 Å². The summed E-state index contributed by atoms with van der Waals surface area (Å²) in [5, 5.41) is 7.07. The van der Waals surface area contributed by atoms with Crippen LogP contribution < -0.4 is 15.4 Å². The van der Waals surface area contributed by atoms with Gasteiger partial charge in [-0.1, -0.05) is 26.0 Å². The van der Waals surface area contributed by atoms with Crippen molar-refractivity contribution in [3.8, 4) is 5.75 Å². The first-order chi connectivity index (χ1) is 14.0. The van der Waals surface area contributed by atoms with Gasteiger partial charge >= 0.3 is 0 Å². The summed E-state index contributed by atoms with van der Waals surface area (Å²) in [5.74, 6) is 2.32. The van der Waals surface area contributed by atoms with E-state index >= 15 is 0 Å². The molecule has 6 nitrogen and oxygen atoms in total. The summed E-state index contributed by atoms with van der Waals surface area (Å²) >= 11 is 0. The zero-order valence-electron chi connectivity index (χ0n) is 18.6. The van der Waals surface area contributed by atoms with E-state index in [9.17, 15) is 0 Å². The fraction of sp³-hybridized carbons (Fsp3) is 0.696. The van der Waals surface area contributed by atoms with Crippen molar-refractivity contribution in [2.24, 2.45) is 16.3 Å². The van der Waals surface area contributed by atoms with Gasteiger partial charge in [0, 0.05) is 42.7 Å². The minimum absolute atomic E-state index is 0.120. The smallest absolute Gasteiger partial charge is 0.191 e. The lowest BCUT2D eigenvalue weighted by Crippen LogP contribution is -2.67. The van der Waals surface area contributed by atoms with Gasteiger partial charge in [0.05, 0.1) is 19.3 Å². The van der Waals surface area contributed by atoms with Crippen LogP contribution in [0.3, 0.4) is 0 Å². The standard InChI is InChI=1S/C23H37N3O3/c1-6-24-22(26-20-18-10-11-29-21(18)23(20,4)5)25-15-17-9-8-16(3)14-19(17)28-13-12-27-7-2/h8-9,14,18,20-21H,6-7,10-13,15H2,1-5H3,(H2,24,25,26). The zero-order chi connectivity index (χ0) is 20.9. The van der Waals surface area contributed by atoms with Crippen LogP contribution in [0.4, 0.5) is 0 Å². The molecule has 3 atom stereocenters. The molecule has 1 aliphatic carbocycles. The Hall–Kier alpha value is -1.79. The lowest BCUT2D eigenvalue weighted by molar-refractivity contribution is -0.106. The van der Waals surface area contributed by atoms with Crippen molar-refractivity contribution in [1.82, 2.24) is 10.6 Å². The second kappa shape index (κ2) is 9.81. The zero-order valence-corrected chi connectivity index (χ0v) is 18.6. The molecule has 29 heavy (non-hydrogen) atoms. The third-order valence-corrected chi connectivity index (χ3v) is 6.06. The highest BCUT2D eigenvalue weighted by atomic mass is 16.5. The van der Waals surface area contributed by atoms with Gasteiger partial charge < -0.3 is 24.8 Å². The molecule has 3 unspecified atom stereocenters. The Morgan fingerprint density at radius 2 is 2.10 bits per heavy atom. The molecule has 162 valence electrons. The van der Waals surface area contributed by atoms with Gasteiger partial charge in [0.1, 0.15) is 12.4 Å². The van der Waals surface area contributed by atoms with Crippen LogP contribution in [0.1, 0.15) is 45.2 Å². The second-order valence-corrected chi connectivity index (χ2v) is 8.54. The van der Waals surface area contributed by atoms with Crippen molar-refractivity contribution >= 4 is 5.96 Å². The molecular formula is C23H37N3O3. The average Bonchev–Trinajstić information content (AvgIpc) is 3.15. The molecule has 0 amide bonds. The Kier molecular flexibility index (Phi) is 7.41. The normalized spacial score (nSPS) is 25.3. The number of guanidine groups is 1. The molecule has 1 aromatic rings. The highest BCUT2D eigenvalue weighted by molar-refractivity contribution is 5.80. The first kappa shape index (κ1) is 21.9. The molecule has 1 aliphatic heterocycles. The van der Waals surface area contributed by atoms with Crippen LogP contribution >= 0.6 is 0 Å². The van der Waals surface area contributed by atoms with Crippen LogP contribution in [0.25, 0.3) is 0 Å². The molecule has 3 rings (SSSR count). The van der Waals surface area contributed by atoms with Crippen molar-refractivity contribution in [3.63, 3.8) is 0 Å². The number of fused-ring (bicyclic) bond motifs is 1. The Labute approximate surface area is 175 Å². The summed E-state index contributed by atoms with van der Waals surface area (Å²) in [7, 11) is 0. The maximum atomic E-state index is 5.96. The topological polar surface area (TPSA) is 64.1 Å². The number of nitrogens with one attached hydrogen (secondary N) is 2. The number of ether oxygens (including phenoxy) is 3. The summed E-state index contributed by atoms with van der Waals surface area (Å²) in [6, 6.07) is 6.67. The number of rotatable bonds is 9. The van der Waals surface area contributed by atoms with Gasteiger partial charge in [0.2, 0.25) is 0 Å². The third-order valence-electron chi connectivity index (χ3n) is 6.06. The molecule has 2 aliphatic rings. The number of aryl methyl sites for hydroxylation is 1. The van der Waals surface area contributed by atoms with Crippen LogP contribution in [0.2, 0.25) is 0 Å². The van der Waals surface area contributed by atoms with E-state index in [0.717, 1.165) is 36.8 Å². The SMILES string of the molecule is CCNC(=NCc1ccc(C)cc1OCCOCC)NC1C2CCOC2C1(C)C. The van der Waals surface area contributed by atoms with Crippen LogP contribution in [0.5, 0.6) is 5.75 Å². The largest absolute Gasteiger partial charge is 0.491 e. The van der Waals surface area contributed by atoms with Crippen LogP contribution in [-0.2, 0) is 16.0 Å². The minimum Gasteiger partial charge on any atom is -0.491 e. The maximum absolute atomic E-state index is 5.96. The van der Waals surface area contributed by atoms with Crippen LogP contribution in [0, 0.1) is 18.3 Å². The predicted octanol–water partition coefficient (Wildman–Crippen LogP) is 3.28. The number of benzene rings is 1. The van der Waals surface area contributed by atoms with Crippen LogP contribution in [0.15, 0.2) is 23.2 Å². The van der Waals surface area contributed by atoms with Crippen molar-refractivity contribution in [2.75, 3.05) is 33.0 Å². The highest BCUT2D eigenvalue weighted by Crippen LogP contribution is 2.52. The quantitative estimate of drug-likeness (QED) is 0.376. The minimum atomic E-state index is 0.120. The summed E-state index contributed by atoms with van der Waals surface area (Å²) in [6.45, 7) is 14.8. The molecule has 1 saturated carbocycles. The summed E-state index contributed by atoms with van der Waals surface area (Å²) < 4.78 is 17.3. The second-order valence-electron chi connectivity index (χ2n) is 8.54. The van der Waals surface area contributed by atoms with E-state index < -0.39 is 0 Å². The molecule has 1 heterocycles. The van der Waals surface area contributed by atoms with E-state index in [1.165, 1.54) is 5.56 Å². The molecular weight excluding hydrogens is 366 g/mol. The van der Waals surface area contributed by atoms with Gasteiger partial charge in [-0.05, 0) is 38.8 Å². The molecule has 6 heteroatoms. The first-order valence-electron chi connectivity index (χ1n) is 10.9. The van der Waals surface area contributed by atoms with Gasteiger partial charge in [0.25, 0.3) is 0 Å². The van der Waals surface area contributed by atoms with E-state index in [4.69, 9.17) is 19.2 Å². The maximum Gasteiger partial charge on any atom is 0.191 e. The molecule has 1 saturated heterocycles. The number of nitrogens with zero attached hydrogens (tertiary/aromatic N) is 1. The highest BCUT2D eigenvalue weighted by Gasteiger charge is 2.59. The van der Waals surface area contributed by atoms with Crippen molar-refractivity contribution < 1.29 is 14.2 Å². The van der Waals surface area contributed by atoms with Crippen molar-refractivity contribution in [3.05, 3.63) is 29.3 Å². The monoisotopic (exact) mass is 403 g/mol. The molecule has 0 radical (unpaired) electrons. The van der Waals surface area contributed by atoms with Gasteiger partial charge in [-0.15, -0.1) is 0 Å². The van der Waals surface area contributed by atoms with Gasteiger partial charge in [-0.3, -0.25) is 0 Å². The summed E-state index contributed by atoms with van der Waals surface area (Å²) in [4.78, 5) is 4.86. The molecule has 1 aromatic carbocycles. The van der Waals surface area contributed by atoms with Crippen molar-refractivity contribution in [1.29, 1.82) is 0 Å². The van der Waals surface area contributed by atoms with Gasteiger partial charge in [-0.25, -0.2) is 4.99 Å². The molecule has 0 bridgehead atoms. The average molecular weight is 404 g/mol.